The summed E-state index contributed by atoms with van der Waals surface area (Å²) < 4.78 is 38.6. The van der Waals surface area contributed by atoms with Crippen molar-refractivity contribution in [1.29, 1.82) is 0 Å². The Morgan fingerprint density at radius 2 is 1.59 bits per heavy atom. The quantitative estimate of drug-likeness (QED) is 0.419. The third-order valence-corrected chi connectivity index (χ3v) is 3.44. The molecule has 2 N–H and O–H groups in total. The van der Waals surface area contributed by atoms with E-state index in [1.165, 1.54) is 31.2 Å². The number of alkyl halides is 3. The van der Waals surface area contributed by atoms with E-state index < -0.39 is 38.6 Å². The Kier molecular flexibility index (Phi) is 6.11. The smallest absolute Gasteiger partial charge is 0.326 e. The normalized spacial score (nSPS) is 11.3. The van der Waals surface area contributed by atoms with Gasteiger partial charge in [-0.3, -0.25) is 30.4 Å². The maximum Gasteiger partial charge on any atom is 0.416 e. The zero-order valence-electron chi connectivity index (χ0n) is 14.6. The van der Waals surface area contributed by atoms with Crippen molar-refractivity contribution < 1.29 is 27.8 Å². The Morgan fingerprint density at radius 3 is 2.00 bits per heavy atom. The van der Waals surface area contributed by atoms with Gasteiger partial charge >= 0.3 is 17.6 Å². The van der Waals surface area contributed by atoms with Crippen LogP contribution in [0, 0.1) is 20.2 Å². The highest BCUT2D eigenvalue weighted by atomic mass is 19.4. The lowest BCUT2D eigenvalue weighted by atomic mass is 10.1. The first-order valence-electron chi connectivity index (χ1n) is 7.70. The summed E-state index contributed by atoms with van der Waals surface area (Å²) in [6.45, 7) is 1.32. The van der Waals surface area contributed by atoms with Crippen molar-refractivity contribution in [2.75, 3.05) is 10.7 Å². The molecule has 152 valence electrons. The highest BCUT2D eigenvalue weighted by Gasteiger charge is 2.37. The minimum atomic E-state index is -5.01. The first-order chi connectivity index (χ1) is 13.5. The molecule has 1 amide bonds. The number of carbonyl (C=O) groups excluding carboxylic acids is 1. The highest BCUT2D eigenvalue weighted by molar-refractivity contribution is 5.89. The minimum Gasteiger partial charge on any atom is -0.326 e. The maximum absolute atomic E-state index is 12.9. The number of halogens is 3. The summed E-state index contributed by atoms with van der Waals surface area (Å²) in [5, 5.41) is 28.4. The van der Waals surface area contributed by atoms with Gasteiger partial charge in [-0.25, -0.2) is 0 Å². The van der Waals surface area contributed by atoms with Crippen LogP contribution >= 0.6 is 0 Å². The molecule has 0 spiro atoms. The van der Waals surface area contributed by atoms with Crippen LogP contribution in [0.5, 0.6) is 0 Å². The van der Waals surface area contributed by atoms with Gasteiger partial charge in [0.2, 0.25) is 11.6 Å². The van der Waals surface area contributed by atoms with Crippen molar-refractivity contribution in [1.82, 2.24) is 0 Å². The molecule has 0 bridgehead atoms. The molecule has 10 nitrogen and oxygen atoms in total. The predicted octanol–water partition coefficient (Wildman–Crippen LogP) is 3.93. The van der Waals surface area contributed by atoms with E-state index in [0.717, 1.165) is 6.21 Å². The summed E-state index contributed by atoms with van der Waals surface area (Å²) in [5.74, 6) is -0.282. The second-order valence-electron chi connectivity index (χ2n) is 5.57. The van der Waals surface area contributed by atoms with E-state index in [9.17, 15) is 38.2 Å². The van der Waals surface area contributed by atoms with Crippen LogP contribution in [-0.2, 0) is 11.0 Å². The first kappa shape index (κ1) is 21.3. The van der Waals surface area contributed by atoms with Crippen LogP contribution < -0.4 is 10.7 Å². The third kappa shape index (κ3) is 5.47. The van der Waals surface area contributed by atoms with Gasteiger partial charge in [0, 0.05) is 24.7 Å². The standard InChI is InChI=1S/C16H12F3N5O5/c1-9(25)21-12-4-2-10(3-5-12)8-20-22-15-13(23(26)27)6-11(16(17,18)19)7-14(15)24(28)29/h2-8,22H,1H3,(H,21,25). The number of nitrogens with one attached hydrogen (secondary N) is 2. The van der Waals surface area contributed by atoms with Gasteiger partial charge in [0.05, 0.1) is 21.6 Å². The number of hydrazone groups is 1. The number of nitro benzene ring substituents is 2. The lowest BCUT2D eigenvalue weighted by Crippen LogP contribution is -2.09. The van der Waals surface area contributed by atoms with Crippen molar-refractivity contribution in [2.24, 2.45) is 5.10 Å². The number of anilines is 2. The average Bonchev–Trinajstić information content (AvgIpc) is 2.61. The first-order valence-corrected chi connectivity index (χ1v) is 7.70. The molecule has 0 saturated heterocycles. The Balaban J connectivity index is 2.36. The predicted molar refractivity (Wildman–Crippen MR) is 96.7 cm³/mol. The summed E-state index contributed by atoms with van der Waals surface area (Å²) in [4.78, 5) is 30.8. The van der Waals surface area contributed by atoms with Gasteiger partial charge in [0.15, 0.2) is 0 Å². The van der Waals surface area contributed by atoms with Crippen molar-refractivity contribution in [3.8, 4) is 0 Å². The molecule has 29 heavy (non-hydrogen) atoms. The van der Waals surface area contributed by atoms with Crippen LogP contribution in [0.25, 0.3) is 0 Å². The van der Waals surface area contributed by atoms with E-state index in [2.05, 4.69) is 15.8 Å². The fourth-order valence-electron chi connectivity index (χ4n) is 2.21. The number of hydrogen-bond acceptors (Lipinski definition) is 7. The summed E-state index contributed by atoms with van der Waals surface area (Å²) in [6.07, 6.45) is -3.87. The van der Waals surface area contributed by atoms with Gasteiger partial charge in [-0.1, -0.05) is 12.1 Å². The molecule has 0 saturated carbocycles. The second-order valence-corrected chi connectivity index (χ2v) is 5.57. The number of nitrogens with zero attached hydrogens (tertiary/aromatic N) is 3. The number of nitro groups is 2. The number of amides is 1. The molecule has 0 unspecified atom stereocenters. The van der Waals surface area contributed by atoms with Gasteiger partial charge in [0.1, 0.15) is 0 Å². The topological polar surface area (TPSA) is 140 Å². The molecule has 0 aromatic heterocycles. The van der Waals surface area contributed by atoms with Gasteiger partial charge in [-0.05, 0) is 17.7 Å². The molecule has 0 aliphatic rings. The molecule has 13 heteroatoms. The average molecular weight is 411 g/mol. The lowest BCUT2D eigenvalue weighted by molar-refractivity contribution is -0.392. The van der Waals surface area contributed by atoms with Gasteiger partial charge < -0.3 is 5.32 Å². The third-order valence-electron chi connectivity index (χ3n) is 3.44. The van der Waals surface area contributed by atoms with Gasteiger partial charge in [0.25, 0.3) is 0 Å². The van der Waals surface area contributed by atoms with E-state index in [4.69, 9.17) is 0 Å². The SMILES string of the molecule is CC(=O)Nc1ccc(C=NNc2c([N+](=O)[O-])cc(C(F)(F)F)cc2[N+](=O)[O-])cc1. The number of rotatable bonds is 6. The van der Waals surface area contributed by atoms with Crippen molar-refractivity contribution in [2.45, 2.75) is 13.1 Å². The summed E-state index contributed by atoms with van der Waals surface area (Å²) in [6, 6.07) is 6.48. The van der Waals surface area contributed by atoms with Crippen LogP contribution in [-0.4, -0.2) is 22.0 Å². The molecule has 0 aliphatic carbocycles. The fourth-order valence-corrected chi connectivity index (χ4v) is 2.21. The highest BCUT2D eigenvalue weighted by Crippen LogP contribution is 2.41. The Labute approximate surface area is 160 Å². The fraction of sp³-hybridized carbons (Fsp3) is 0.125. The van der Waals surface area contributed by atoms with Crippen molar-refractivity contribution in [3.63, 3.8) is 0 Å². The van der Waals surface area contributed by atoms with Crippen LogP contribution in [0.2, 0.25) is 0 Å². The van der Waals surface area contributed by atoms with Crippen LogP contribution in [0.4, 0.5) is 35.9 Å². The molecule has 0 aliphatic heterocycles. The number of hydrogen-bond donors (Lipinski definition) is 2. The van der Waals surface area contributed by atoms with E-state index in [1.807, 2.05) is 0 Å². The summed E-state index contributed by atoms with van der Waals surface area (Å²) >= 11 is 0. The Bertz CT molecular complexity index is 954. The van der Waals surface area contributed by atoms with Gasteiger partial charge in [-0.15, -0.1) is 0 Å². The van der Waals surface area contributed by atoms with Crippen LogP contribution in [0.15, 0.2) is 41.5 Å². The largest absolute Gasteiger partial charge is 0.416 e. The molecule has 0 heterocycles. The van der Waals surface area contributed by atoms with E-state index in [0.29, 0.717) is 11.3 Å². The Hall–Kier alpha value is -4.03. The lowest BCUT2D eigenvalue weighted by Gasteiger charge is -2.09. The zero-order chi connectivity index (χ0) is 21.8. The second kappa shape index (κ2) is 8.33. The van der Waals surface area contributed by atoms with Crippen LogP contribution in [0.3, 0.4) is 0 Å². The summed E-state index contributed by atoms with van der Waals surface area (Å²) in [7, 11) is 0. The number of carbonyl (C=O) groups is 1. The minimum absolute atomic E-state index is 0.188. The monoisotopic (exact) mass is 411 g/mol. The van der Waals surface area contributed by atoms with E-state index >= 15 is 0 Å². The Morgan fingerprint density at radius 1 is 1.07 bits per heavy atom. The van der Waals surface area contributed by atoms with E-state index in [-0.39, 0.29) is 18.0 Å². The molecular formula is C16H12F3N5O5. The maximum atomic E-state index is 12.9. The zero-order valence-corrected chi connectivity index (χ0v) is 14.6. The molecule has 0 atom stereocenters. The molecule has 2 aromatic carbocycles. The van der Waals surface area contributed by atoms with Crippen LogP contribution in [0.1, 0.15) is 18.1 Å². The summed E-state index contributed by atoms with van der Waals surface area (Å²) in [5.41, 5.74) is -1.61. The van der Waals surface area contributed by atoms with Crippen molar-refractivity contribution >= 4 is 34.9 Å². The molecular weight excluding hydrogens is 399 g/mol. The molecule has 0 radical (unpaired) electrons. The van der Waals surface area contributed by atoms with Gasteiger partial charge in [-0.2, -0.15) is 18.3 Å². The molecule has 0 fully saturated rings. The number of benzene rings is 2. The molecule has 2 rings (SSSR count). The van der Waals surface area contributed by atoms with Crippen molar-refractivity contribution in [3.05, 3.63) is 67.8 Å². The molecule has 2 aromatic rings. The van der Waals surface area contributed by atoms with E-state index in [1.54, 1.807) is 0 Å².